The third-order valence-electron chi connectivity index (χ3n) is 8.70. The second-order valence-electron chi connectivity index (χ2n) is 10.2. The molecule has 8 saturated carbocycles. The van der Waals surface area contributed by atoms with Gasteiger partial charge in [-0.05, 0) is 112 Å². The highest BCUT2D eigenvalue weighted by Crippen LogP contribution is 2.59. The van der Waals surface area contributed by atoms with Gasteiger partial charge in [0.1, 0.15) is 12.2 Å². The topological polar surface area (TPSA) is 35.5 Å². The Hall–Kier alpha value is 0.0200. The molecule has 0 unspecified atom stereocenters. The standard InChI is InChI=1S/C20H30O3P/c21-24(22-19-15-3-11-1-12(5-15)6-16(19)4-11)23-20-17-7-13-2-14(9-17)10-18(20)8-13/h11-20H,1-10H2/q+1. The third-order valence-corrected chi connectivity index (χ3v) is 9.53. The van der Waals surface area contributed by atoms with Crippen LogP contribution in [0.4, 0.5) is 0 Å². The molecule has 8 fully saturated rings. The molecular weight excluding hydrogens is 319 g/mol. The van der Waals surface area contributed by atoms with Crippen molar-refractivity contribution in [2.75, 3.05) is 0 Å². The van der Waals surface area contributed by atoms with Crippen LogP contribution in [0.5, 0.6) is 0 Å². The maximum absolute atomic E-state index is 12.7. The van der Waals surface area contributed by atoms with E-state index in [0.29, 0.717) is 23.7 Å². The lowest BCUT2D eigenvalue weighted by Gasteiger charge is -2.52. The minimum Gasteiger partial charge on any atom is -0.115 e. The lowest BCUT2D eigenvalue weighted by Crippen LogP contribution is -2.49. The van der Waals surface area contributed by atoms with Crippen LogP contribution in [-0.2, 0) is 13.6 Å². The van der Waals surface area contributed by atoms with Gasteiger partial charge >= 0.3 is 8.25 Å². The van der Waals surface area contributed by atoms with Crippen LogP contribution in [0.2, 0.25) is 0 Å². The molecule has 0 aromatic carbocycles. The van der Waals surface area contributed by atoms with Crippen LogP contribution in [-0.4, -0.2) is 12.2 Å². The van der Waals surface area contributed by atoms with Crippen molar-refractivity contribution < 1.29 is 13.6 Å². The summed E-state index contributed by atoms with van der Waals surface area (Å²) < 4.78 is 25.0. The highest BCUT2D eigenvalue weighted by Gasteiger charge is 2.55. The Bertz CT molecular complexity index is 445. The summed E-state index contributed by atoms with van der Waals surface area (Å²) in [6, 6.07) is 0. The van der Waals surface area contributed by atoms with Crippen molar-refractivity contribution in [2.45, 2.75) is 76.4 Å². The molecule has 0 aromatic rings. The quantitative estimate of drug-likeness (QED) is 0.644. The number of hydrogen-bond donors (Lipinski definition) is 0. The first-order chi connectivity index (χ1) is 11.7. The predicted octanol–water partition coefficient (Wildman–Crippen LogP) is 5.33. The molecule has 8 aliphatic carbocycles. The lowest BCUT2D eigenvalue weighted by molar-refractivity contribution is -0.102. The van der Waals surface area contributed by atoms with Crippen LogP contribution in [0, 0.1) is 47.3 Å². The van der Waals surface area contributed by atoms with Gasteiger partial charge in [0.2, 0.25) is 0 Å². The molecule has 0 N–H and O–H groups in total. The first-order valence-electron chi connectivity index (χ1n) is 10.5. The minimum atomic E-state index is -1.93. The molecule has 8 rings (SSSR count). The van der Waals surface area contributed by atoms with Crippen LogP contribution in [0.15, 0.2) is 0 Å². The fourth-order valence-corrected chi connectivity index (χ4v) is 9.45. The molecule has 0 atom stereocenters. The summed E-state index contributed by atoms with van der Waals surface area (Å²) in [6.45, 7) is 0. The summed E-state index contributed by atoms with van der Waals surface area (Å²) in [5, 5.41) is 0. The summed E-state index contributed by atoms with van der Waals surface area (Å²) in [4.78, 5) is 0. The van der Waals surface area contributed by atoms with Crippen molar-refractivity contribution >= 4 is 8.25 Å². The Labute approximate surface area is 146 Å². The second-order valence-corrected chi connectivity index (χ2v) is 11.1. The molecule has 0 amide bonds. The Kier molecular flexibility index (Phi) is 3.47. The summed E-state index contributed by atoms with van der Waals surface area (Å²) >= 11 is 0. The Morgan fingerprint density at radius 2 is 0.792 bits per heavy atom. The van der Waals surface area contributed by atoms with Crippen LogP contribution < -0.4 is 0 Å². The zero-order chi connectivity index (χ0) is 15.8. The van der Waals surface area contributed by atoms with Gasteiger partial charge in [0.25, 0.3) is 0 Å². The van der Waals surface area contributed by atoms with Crippen LogP contribution in [0.1, 0.15) is 64.2 Å². The normalized spacial score (nSPS) is 57.6. The van der Waals surface area contributed by atoms with E-state index in [1.165, 1.54) is 64.2 Å². The van der Waals surface area contributed by atoms with Gasteiger partial charge < -0.3 is 0 Å². The molecule has 3 nitrogen and oxygen atoms in total. The van der Waals surface area contributed by atoms with Crippen molar-refractivity contribution in [3.8, 4) is 0 Å². The molecular formula is C20H30O3P+. The summed E-state index contributed by atoms with van der Waals surface area (Å²) in [7, 11) is -1.93. The number of hydrogen-bond acceptors (Lipinski definition) is 3. The van der Waals surface area contributed by atoms with E-state index in [2.05, 4.69) is 0 Å². The van der Waals surface area contributed by atoms with Crippen LogP contribution in [0.3, 0.4) is 0 Å². The molecule has 4 heteroatoms. The minimum absolute atomic E-state index is 0.234. The first-order valence-corrected chi connectivity index (χ1v) is 11.6. The van der Waals surface area contributed by atoms with Gasteiger partial charge in [0, 0.05) is 4.57 Å². The predicted molar refractivity (Wildman–Crippen MR) is 91.4 cm³/mol. The molecule has 24 heavy (non-hydrogen) atoms. The highest BCUT2D eigenvalue weighted by molar-refractivity contribution is 7.33. The molecule has 8 aliphatic rings. The molecule has 0 saturated heterocycles. The van der Waals surface area contributed by atoms with Gasteiger partial charge in [-0.3, -0.25) is 0 Å². The van der Waals surface area contributed by atoms with Gasteiger partial charge in [-0.1, -0.05) is 0 Å². The zero-order valence-electron chi connectivity index (χ0n) is 14.5. The average Bonchev–Trinajstić information content (AvgIpc) is 2.53. The van der Waals surface area contributed by atoms with Crippen LogP contribution >= 0.6 is 8.25 Å². The summed E-state index contributed by atoms with van der Waals surface area (Å²) in [5.74, 6) is 6.44. The molecule has 8 bridgehead atoms. The smallest absolute Gasteiger partial charge is 0.115 e. The second kappa shape index (κ2) is 5.51. The maximum atomic E-state index is 12.7. The van der Waals surface area contributed by atoms with Crippen molar-refractivity contribution in [1.82, 2.24) is 0 Å². The largest absolute Gasteiger partial charge is 0.697 e. The van der Waals surface area contributed by atoms with Gasteiger partial charge in [-0.2, -0.15) is 0 Å². The van der Waals surface area contributed by atoms with Gasteiger partial charge in [-0.15, -0.1) is 9.05 Å². The molecule has 0 aliphatic heterocycles. The van der Waals surface area contributed by atoms with E-state index in [0.717, 1.165) is 23.7 Å². The maximum Gasteiger partial charge on any atom is 0.697 e. The van der Waals surface area contributed by atoms with Crippen LogP contribution in [0.25, 0.3) is 0 Å². The van der Waals surface area contributed by atoms with Gasteiger partial charge in [-0.25, -0.2) is 0 Å². The average molecular weight is 349 g/mol. The van der Waals surface area contributed by atoms with Crippen molar-refractivity contribution in [3.05, 3.63) is 0 Å². The Balaban J connectivity index is 1.12. The van der Waals surface area contributed by atoms with E-state index in [-0.39, 0.29) is 12.2 Å². The molecule has 0 spiro atoms. The third kappa shape index (κ3) is 2.37. The van der Waals surface area contributed by atoms with E-state index >= 15 is 0 Å². The molecule has 0 aromatic heterocycles. The lowest BCUT2D eigenvalue weighted by atomic mass is 9.55. The fraction of sp³-hybridized carbons (Fsp3) is 1.00. The fourth-order valence-electron chi connectivity index (χ4n) is 8.32. The highest BCUT2D eigenvalue weighted by atomic mass is 31.1. The molecule has 0 heterocycles. The monoisotopic (exact) mass is 349 g/mol. The van der Waals surface area contributed by atoms with E-state index < -0.39 is 8.25 Å². The van der Waals surface area contributed by atoms with Crippen molar-refractivity contribution in [1.29, 1.82) is 0 Å². The summed E-state index contributed by atoms with van der Waals surface area (Å²) in [5.41, 5.74) is 0. The SMILES string of the molecule is O=[P+](OC1C2CC3CC(C2)CC1C3)OC1C2CC3CC(C2)CC1C3. The zero-order valence-corrected chi connectivity index (χ0v) is 15.4. The van der Waals surface area contributed by atoms with Crippen molar-refractivity contribution in [2.24, 2.45) is 47.3 Å². The van der Waals surface area contributed by atoms with E-state index in [4.69, 9.17) is 9.05 Å². The first kappa shape index (κ1) is 15.1. The van der Waals surface area contributed by atoms with E-state index in [1.807, 2.05) is 0 Å². The van der Waals surface area contributed by atoms with Gasteiger partial charge in [0.05, 0.1) is 0 Å². The molecule has 0 radical (unpaired) electrons. The van der Waals surface area contributed by atoms with Crippen molar-refractivity contribution in [3.63, 3.8) is 0 Å². The Morgan fingerprint density at radius 3 is 1.08 bits per heavy atom. The molecule has 132 valence electrons. The summed E-state index contributed by atoms with van der Waals surface area (Å²) in [6.07, 6.45) is 13.9. The van der Waals surface area contributed by atoms with E-state index in [9.17, 15) is 4.57 Å². The van der Waals surface area contributed by atoms with E-state index in [1.54, 1.807) is 0 Å². The number of rotatable bonds is 4. The Morgan fingerprint density at radius 1 is 0.500 bits per heavy atom. The van der Waals surface area contributed by atoms with Gasteiger partial charge in [0.15, 0.2) is 0 Å².